The van der Waals surface area contributed by atoms with E-state index in [0.717, 1.165) is 17.7 Å². The van der Waals surface area contributed by atoms with Crippen molar-refractivity contribution in [3.8, 4) is 0 Å². The third-order valence-electron chi connectivity index (χ3n) is 2.36. The second-order valence-corrected chi connectivity index (χ2v) is 3.38. The molecule has 0 aliphatic carbocycles. The van der Waals surface area contributed by atoms with Crippen LogP contribution in [0.5, 0.6) is 0 Å². The van der Waals surface area contributed by atoms with E-state index in [2.05, 4.69) is 0 Å². The second kappa shape index (κ2) is 3.29. The lowest BCUT2D eigenvalue weighted by Gasteiger charge is -2.02. The van der Waals surface area contributed by atoms with E-state index in [1.165, 1.54) is 0 Å². The first-order valence-corrected chi connectivity index (χ1v) is 4.74. The molecule has 0 bridgehead atoms. The van der Waals surface area contributed by atoms with E-state index in [0.29, 0.717) is 11.0 Å². The zero-order valence-electron chi connectivity index (χ0n) is 8.33. The van der Waals surface area contributed by atoms with Crippen LogP contribution in [0.1, 0.15) is 18.2 Å². The van der Waals surface area contributed by atoms with Crippen molar-refractivity contribution in [3.63, 3.8) is 0 Å². The largest absolute Gasteiger partial charge is 0.461 e. The summed E-state index contributed by atoms with van der Waals surface area (Å²) in [7, 11) is 0. The molecule has 0 saturated carbocycles. The maximum atomic E-state index is 11.7. The van der Waals surface area contributed by atoms with Gasteiger partial charge in [0.05, 0.1) is 5.39 Å². The molecule has 0 spiro atoms. The Morgan fingerprint density at radius 3 is 2.86 bits per heavy atom. The Balaban J connectivity index is 2.90. The van der Waals surface area contributed by atoms with E-state index in [1.807, 2.05) is 32.0 Å². The molecule has 0 saturated heterocycles. The van der Waals surface area contributed by atoms with Crippen LogP contribution < -0.4 is 5.43 Å². The number of benzene rings is 1. The molecule has 0 unspecified atom stereocenters. The minimum Gasteiger partial charge on any atom is -0.461 e. The molecule has 0 radical (unpaired) electrons. The smallest absolute Gasteiger partial charge is 0.193 e. The van der Waals surface area contributed by atoms with Gasteiger partial charge in [-0.05, 0) is 18.6 Å². The highest BCUT2D eigenvalue weighted by Crippen LogP contribution is 2.15. The van der Waals surface area contributed by atoms with Gasteiger partial charge < -0.3 is 4.42 Å². The predicted molar refractivity (Wildman–Crippen MR) is 56.6 cm³/mol. The van der Waals surface area contributed by atoms with Crippen LogP contribution in [0.15, 0.2) is 33.5 Å². The zero-order valence-corrected chi connectivity index (χ0v) is 8.33. The van der Waals surface area contributed by atoms with E-state index in [9.17, 15) is 4.79 Å². The molecule has 1 aromatic carbocycles. The standard InChI is InChI=1S/C12H12O2/c1-3-9-7-10(13)12-8(2)5-4-6-11(12)14-9/h4-7H,3H2,1-2H3. The minimum atomic E-state index is 0.0567. The fourth-order valence-electron chi connectivity index (χ4n) is 1.60. The lowest BCUT2D eigenvalue weighted by molar-refractivity contribution is 0.543. The third kappa shape index (κ3) is 1.33. The van der Waals surface area contributed by atoms with Crippen molar-refractivity contribution in [2.45, 2.75) is 20.3 Å². The van der Waals surface area contributed by atoms with Gasteiger partial charge in [-0.3, -0.25) is 4.79 Å². The van der Waals surface area contributed by atoms with Crippen molar-refractivity contribution in [3.05, 3.63) is 45.8 Å². The number of hydrogen-bond donors (Lipinski definition) is 0. The molecule has 2 rings (SSSR count). The van der Waals surface area contributed by atoms with Gasteiger partial charge in [0.2, 0.25) is 0 Å². The fraction of sp³-hybridized carbons (Fsp3) is 0.250. The first kappa shape index (κ1) is 9.00. The van der Waals surface area contributed by atoms with Gasteiger partial charge in [-0.15, -0.1) is 0 Å². The summed E-state index contributed by atoms with van der Waals surface area (Å²) in [5, 5.41) is 0.699. The number of rotatable bonds is 1. The summed E-state index contributed by atoms with van der Waals surface area (Å²) in [4.78, 5) is 11.7. The summed E-state index contributed by atoms with van der Waals surface area (Å²) in [6.07, 6.45) is 0.749. The molecule has 2 aromatic rings. The van der Waals surface area contributed by atoms with Crippen LogP contribution in [0.3, 0.4) is 0 Å². The van der Waals surface area contributed by atoms with Gasteiger partial charge in [0, 0.05) is 12.5 Å². The highest BCUT2D eigenvalue weighted by molar-refractivity contribution is 5.79. The second-order valence-electron chi connectivity index (χ2n) is 3.38. The number of aryl methyl sites for hydroxylation is 2. The molecule has 2 heteroatoms. The van der Waals surface area contributed by atoms with Crippen LogP contribution in [0.2, 0.25) is 0 Å². The van der Waals surface area contributed by atoms with Crippen LogP contribution in [-0.2, 0) is 6.42 Å². The molecule has 0 fully saturated rings. The van der Waals surface area contributed by atoms with Crippen LogP contribution >= 0.6 is 0 Å². The molecule has 1 heterocycles. The highest BCUT2D eigenvalue weighted by Gasteiger charge is 2.04. The molecule has 2 nitrogen and oxygen atoms in total. The van der Waals surface area contributed by atoms with Crippen LogP contribution in [0, 0.1) is 6.92 Å². The lowest BCUT2D eigenvalue weighted by atomic mass is 10.1. The lowest BCUT2D eigenvalue weighted by Crippen LogP contribution is -2.03. The van der Waals surface area contributed by atoms with Crippen LogP contribution in [-0.4, -0.2) is 0 Å². The molecular weight excluding hydrogens is 176 g/mol. The highest BCUT2D eigenvalue weighted by atomic mass is 16.3. The quantitative estimate of drug-likeness (QED) is 0.688. The Kier molecular flexibility index (Phi) is 2.12. The van der Waals surface area contributed by atoms with Gasteiger partial charge in [-0.1, -0.05) is 19.1 Å². The molecule has 72 valence electrons. The van der Waals surface area contributed by atoms with Gasteiger partial charge in [-0.2, -0.15) is 0 Å². The normalized spacial score (nSPS) is 10.7. The first-order valence-electron chi connectivity index (χ1n) is 4.74. The molecule has 0 N–H and O–H groups in total. The average molecular weight is 188 g/mol. The van der Waals surface area contributed by atoms with Gasteiger partial charge >= 0.3 is 0 Å². The maximum absolute atomic E-state index is 11.7. The van der Waals surface area contributed by atoms with Crippen molar-refractivity contribution >= 4 is 11.0 Å². The molecule has 0 aliphatic heterocycles. The summed E-state index contributed by atoms with van der Waals surface area (Å²) < 4.78 is 5.57. The first-order chi connectivity index (χ1) is 6.72. The Bertz CT molecular complexity index is 523. The molecule has 14 heavy (non-hydrogen) atoms. The van der Waals surface area contributed by atoms with Crippen molar-refractivity contribution < 1.29 is 4.42 Å². The van der Waals surface area contributed by atoms with E-state index in [4.69, 9.17) is 4.42 Å². The SMILES string of the molecule is CCc1cc(=O)c2c(C)cccc2o1. The fourth-order valence-corrected chi connectivity index (χ4v) is 1.60. The summed E-state index contributed by atoms with van der Waals surface area (Å²) in [5.41, 5.74) is 1.72. The zero-order chi connectivity index (χ0) is 10.1. The van der Waals surface area contributed by atoms with E-state index in [-0.39, 0.29) is 5.43 Å². The molecular formula is C12H12O2. The van der Waals surface area contributed by atoms with Gasteiger partial charge in [0.15, 0.2) is 5.43 Å². The molecule has 0 aliphatic rings. The predicted octanol–water partition coefficient (Wildman–Crippen LogP) is 2.66. The van der Waals surface area contributed by atoms with Gasteiger partial charge in [0.25, 0.3) is 0 Å². The van der Waals surface area contributed by atoms with E-state index in [1.54, 1.807) is 6.07 Å². The number of hydrogen-bond acceptors (Lipinski definition) is 2. The van der Waals surface area contributed by atoms with Crippen molar-refractivity contribution in [1.29, 1.82) is 0 Å². The van der Waals surface area contributed by atoms with Crippen molar-refractivity contribution in [2.24, 2.45) is 0 Å². The topological polar surface area (TPSA) is 30.2 Å². The van der Waals surface area contributed by atoms with E-state index < -0.39 is 0 Å². The monoisotopic (exact) mass is 188 g/mol. The van der Waals surface area contributed by atoms with Gasteiger partial charge in [-0.25, -0.2) is 0 Å². The van der Waals surface area contributed by atoms with Crippen LogP contribution in [0.25, 0.3) is 11.0 Å². The summed E-state index contributed by atoms with van der Waals surface area (Å²) in [5.74, 6) is 0.744. The van der Waals surface area contributed by atoms with Crippen LogP contribution in [0.4, 0.5) is 0 Å². The Morgan fingerprint density at radius 2 is 2.14 bits per heavy atom. The van der Waals surface area contributed by atoms with Crippen molar-refractivity contribution in [2.75, 3.05) is 0 Å². The Morgan fingerprint density at radius 1 is 1.36 bits per heavy atom. The Hall–Kier alpha value is -1.57. The Labute approximate surface area is 82.2 Å². The maximum Gasteiger partial charge on any atom is 0.193 e. The average Bonchev–Trinajstić information content (AvgIpc) is 2.17. The van der Waals surface area contributed by atoms with Crippen molar-refractivity contribution in [1.82, 2.24) is 0 Å². The summed E-state index contributed by atoms with van der Waals surface area (Å²) in [6, 6.07) is 7.24. The number of fused-ring (bicyclic) bond motifs is 1. The minimum absolute atomic E-state index is 0.0567. The third-order valence-corrected chi connectivity index (χ3v) is 2.36. The summed E-state index contributed by atoms with van der Waals surface area (Å²) in [6.45, 7) is 3.89. The van der Waals surface area contributed by atoms with Gasteiger partial charge in [0.1, 0.15) is 11.3 Å². The molecule has 1 aromatic heterocycles. The summed E-state index contributed by atoms with van der Waals surface area (Å²) >= 11 is 0. The molecule has 0 atom stereocenters. The molecule has 0 amide bonds. The van der Waals surface area contributed by atoms with E-state index >= 15 is 0 Å².